The molecule has 0 bridgehead atoms. The maximum absolute atomic E-state index is 10.4. The SMILES string of the molecule is NC(=O)N1CCNC1=S. The number of hydrogen-bond acceptors (Lipinski definition) is 2. The predicted molar refractivity (Wildman–Crippen MR) is 36.9 cm³/mol. The number of rotatable bonds is 0. The third-order valence-electron chi connectivity index (χ3n) is 1.12. The van der Waals surface area contributed by atoms with Crippen LogP contribution in [0.2, 0.25) is 0 Å². The highest BCUT2D eigenvalue weighted by Gasteiger charge is 2.19. The summed E-state index contributed by atoms with van der Waals surface area (Å²) in [6.07, 6.45) is 0. The molecule has 1 heterocycles. The average molecular weight is 145 g/mol. The van der Waals surface area contributed by atoms with Crippen LogP contribution >= 0.6 is 12.2 Å². The van der Waals surface area contributed by atoms with E-state index < -0.39 is 6.03 Å². The van der Waals surface area contributed by atoms with Gasteiger partial charge in [-0.3, -0.25) is 4.90 Å². The maximum atomic E-state index is 10.4. The van der Waals surface area contributed by atoms with Gasteiger partial charge in [0, 0.05) is 13.1 Å². The topological polar surface area (TPSA) is 58.4 Å². The number of amides is 2. The van der Waals surface area contributed by atoms with Crippen molar-refractivity contribution in [3.05, 3.63) is 0 Å². The van der Waals surface area contributed by atoms with Crippen LogP contribution in [0.3, 0.4) is 0 Å². The largest absolute Gasteiger partial charge is 0.360 e. The van der Waals surface area contributed by atoms with Crippen LogP contribution in [0, 0.1) is 0 Å². The van der Waals surface area contributed by atoms with Crippen LogP contribution in [-0.4, -0.2) is 29.1 Å². The summed E-state index contributed by atoms with van der Waals surface area (Å²) >= 11 is 4.73. The molecule has 0 unspecified atom stereocenters. The minimum Gasteiger partial charge on any atom is -0.360 e. The second kappa shape index (κ2) is 2.18. The highest BCUT2D eigenvalue weighted by molar-refractivity contribution is 7.80. The predicted octanol–water partition coefficient (Wildman–Crippen LogP) is -0.745. The van der Waals surface area contributed by atoms with E-state index in [0.29, 0.717) is 18.2 Å². The van der Waals surface area contributed by atoms with Crippen LogP contribution in [0.4, 0.5) is 4.79 Å². The molecule has 5 heteroatoms. The average Bonchev–Trinajstić information content (AvgIpc) is 2.13. The molecule has 1 rings (SSSR count). The quantitative estimate of drug-likeness (QED) is 0.441. The van der Waals surface area contributed by atoms with Crippen LogP contribution in [-0.2, 0) is 0 Å². The Labute approximate surface area is 58.0 Å². The van der Waals surface area contributed by atoms with E-state index in [1.54, 1.807) is 0 Å². The van der Waals surface area contributed by atoms with Gasteiger partial charge in [0.25, 0.3) is 0 Å². The molecule has 0 aromatic carbocycles. The summed E-state index contributed by atoms with van der Waals surface area (Å²) in [6.45, 7) is 1.30. The molecular formula is C4H7N3OS. The summed E-state index contributed by atoms with van der Waals surface area (Å²) in [7, 11) is 0. The number of carbonyl (C=O) groups excluding carboxylic acids is 1. The van der Waals surface area contributed by atoms with Gasteiger partial charge >= 0.3 is 6.03 Å². The molecule has 4 nitrogen and oxygen atoms in total. The number of nitrogens with zero attached hydrogens (tertiary/aromatic N) is 1. The molecule has 50 valence electrons. The zero-order valence-corrected chi connectivity index (χ0v) is 5.57. The Kier molecular flexibility index (Phi) is 1.52. The van der Waals surface area contributed by atoms with Crippen molar-refractivity contribution < 1.29 is 4.79 Å². The van der Waals surface area contributed by atoms with Gasteiger partial charge in [0.2, 0.25) is 0 Å². The van der Waals surface area contributed by atoms with Crippen molar-refractivity contribution in [2.45, 2.75) is 0 Å². The molecule has 0 aliphatic carbocycles. The molecule has 0 aromatic rings. The first-order valence-corrected chi connectivity index (χ1v) is 2.97. The van der Waals surface area contributed by atoms with E-state index in [2.05, 4.69) is 5.32 Å². The number of primary amides is 1. The molecule has 1 fully saturated rings. The van der Waals surface area contributed by atoms with Crippen molar-refractivity contribution >= 4 is 23.4 Å². The second-order valence-electron chi connectivity index (χ2n) is 1.72. The lowest BCUT2D eigenvalue weighted by molar-refractivity contribution is 0.233. The summed E-state index contributed by atoms with van der Waals surface area (Å²) in [5.74, 6) is 0. The highest BCUT2D eigenvalue weighted by atomic mass is 32.1. The minimum atomic E-state index is -0.481. The molecule has 3 N–H and O–H groups in total. The molecule has 1 aliphatic rings. The summed E-state index contributed by atoms with van der Waals surface area (Å²) < 4.78 is 0. The molecule has 2 amide bonds. The van der Waals surface area contributed by atoms with Crippen molar-refractivity contribution in [1.82, 2.24) is 10.2 Å². The van der Waals surface area contributed by atoms with Crippen LogP contribution in [0.1, 0.15) is 0 Å². The number of nitrogens with two attached hydrogens (primary N) is 1. The first kappa shape index (κ1) is 6.28. The van der Waals surface area contributed by atoms with E-state index in [1.807, 2.05) is 0 Å². The van der Waals surface area contributed by atoms with Crippen molar-refractivity contribution in [1.29, 1.82) is 0 Å². The zero-order chi connectivity index (χ0) is 6.85. The summed E-state index contributed by atoms with van der Waals surface area (Å²) in [5.41, 5.74) is 4.95. The van der Waals surface area contributed by atoms with Gasteiger partial charge in [-0.25, -0.2) is 4.79 Å². The number of nitrogens with one attached hydrogen (secondary N) is 1. The van der Waals surface area contributed by atoms with E-state index in [-0.39, 0.29) is 0 Å². The molecule has 0 aromatic heterocycles. The lowest BCUT2D eigenvalue weighted by Crippen LogP contribution is -2.37. The van der Waals surface area contributed by atoms with Crippen molar-refractivity contribution in [2.75, 3.05) is 13.1 Å². The van der Waals surface area contributed by atoms with Gasteiger partial charge in [0.1, 0.15) is 0 Å². The van der Waals surface area contributed by atoms with Gasteiger partial charge in [-0.15, -0.1) is 0 Å². The third kappa shape index (κ3) is 1.10. The van der Waals surface area contributed by atoms with Crippen molar-refractivity contribution in [3.63, 3.8) is 0 Å². The molecule has 0 spiro atoms. The molecular weight excluding hydrogens is 138 g/mol. The van der Waals surface area contributed by atoms with Crippen LogP contribution in [0.25, 0.3) is 0 Å². The Balaban J connectivity index is 2.60. The number of urea groups is 1. The van der Waals surface area contributed by atoms with E-state index in [9.17, 15) is 4.79 Å². The highest BCUT2D eigenvalue weighted by Crippen LogP contribution is 1.94. The Bertz CT molecular complexity index is 158. The monoisotopic (exact) mass is 145 g/mol. The fourth-order valence-electron chi connectivity index (χ4n) is 0.682. The van der Waals surface area contributed by atoms with Crippen molar-refractivity contribution in [3.8, 4) is 0 Å². The fourth-order valence-corrected chi connectivity index (χ4v) is 0.965. The molecule has 0 atom stereocenters. The Morgan fingerprint density at radius 3 is 2.78 bits per heavy atom. The van der Waals surface area contributed by atoms with Crippen LogP contribution in [0.5, 0.6) is 0 Å². The summed E-state index contributed by atoms with van der Waals surface area (Å²) in [4.78, 5) is 11.8. The van der Waals surface area contributed by atoms with Gasteiger partial charge < -0.3 is 11.1 Å². The third-order valence-corrected chi connectivity index (χ3v) is 1.49. The molecule has 9 heavy (non-hydrogen) atoms. The van der Waals surface area contributed by atoms with Gasteiger partial charge in [-0.1, -0.05) is 0 Å². The normalized spacial score (nSPS) is 17.8. The lowest BCUT2D eigenvalue weighted by Gasteiger charge is -2.08. The van der Waals surface area contributed by atoms with E-state index in [0.717, 1.165) is 0 Å². The lowest BCUT2D eigenvalue weighted by atomic mass is 10.6. The van der Waals surface area contributed by atoms with Gasteiger partial charge in [-0.2, -0.15) is 0 Å². The number of carbonyl (C=O) groups is 1. The smallest absolute Gasteiger partial charge is 0.321 e. The van der Waals surface area contributed by atoms with Gasteiger partial charge in [-0.05, 0) is 12.2 Å². The molecule has 0 radical (unpaired) electrons. The minimum absolute atomic E-state index is 0.433. The maximum Gasteiger partial charge on any atom is 0.321 e. The van der Waals surface area contributed by atoms with Gasteiger partial charge in [0.05, 0.1) is 0 Å². The molecule has 1 saturated heterocycles. The van der Waals surface area contributed by atoms with E-state index in [1.165, 1.54) is 4.90 Å². The van der Waals surface area contributed by atoms with Gasteiger partial charge in [0.15, 0.2) is 5.11 Å². The number of thiocarbonyl (C=S) groups is 1. The van der Waals surface area contributed by atoms with E-state index >= 15 is 0 Å². The molecule has 1 aliphatic heterocycles. The second-order valence-corrected chi connectivity index (χ2v) is 2.11. The zero-order valence-electron chi connectivity index (χ0n) is 4.76. The summed E-state index contributed by atoms with van der Waals surface area (Å²) in [5, 5.41) is 3.24. The number of hydrogen-bond donors (Lipinski definition) is 2. The first-order valence-electron chi connectivity index (χ1n) is 2.56. The van der Waals surface area contributed by atoms with E-state index in [4.69, 9.17) is 18.0 Å². The Morgan fingerprint density at radius 2 is 2.56 bits per heavy atom. The summed E-state index contributed by atoms with van der Waals surface area (Å²) in [6, 6.07) is -0.481. The van der Waals surface area contributed by atoms with Crippen LogP contribution in [0.15, 0.2) is 0 Å². The van der Waals surface area contributed by atoms with Crippen LogP contribution < -0.4 is 11.1 Å². The first-order chi connectivity index (χ1) is 4.22. The fraction of sp³-hybridized carbons (Fsp3) is 0.500. The standard InChI is InChI=1S/C4H7N3OS/c5-3(8)7-2-1-6-4(7)9/h1-2H2,(H2,5,8)(H,6,9). The molecule has 0 saturated carbocycles. The van der Waals surface area contributed by atoms with Crippen molar-refractivity contribution in [2.24, 2.45) is 5.73 Å². The Morgan fingerprint density at radius 1 is 1.89 bits per heavy atom. The Hall–Kier alpha value is -0.840.